The van der Waals surface area contributed by atoms with Crippen LogP contribution in [-0.4, -0.2) is 17.7 Å². The van der Waals surface area contributed by atoms with Crippen LogP contribution in [0.25, 0.3) is 0 Å². The Morgan fingerprint density at radius 3 is 2.40 bits per heavy atom. The molecule has 114 valence electrons. The number of aryl methyl sites for hydroxylation is 1. The number of hydrogen-bond donors (Lipinski definition) is 1. The van der Waals surface area contributed by atoms with E-state index in [1.54, 1.807) is 13.8 Å². The van der Waals surface area contributed by atoms with Gasteiger partial charge in [-0.15, -0.1) is 0 Å². The lowest BCUT2D eigenvalue weighted by Gasteiger charge is -2.33. The normalized spacial score (nSPS) is 14.2. The van der Waals surface area contributed by atoms with Gasteiger partial charge in [0.1, 0.15) is 5.82 Å². The summed E-state index contributed by atoms with van der Waals surface area (Å²) in [5, 5.41) is 9.96. The molecule has 20 heavy (non-hydrogen) atoms. The number of aliphatic hydroxyl groups excluding tert-OH is 1. The number of hydrogen-bond acceptors (Lipinski definition) is 2. The van der Waals surface area contributed by atoms with Crippen molar-refractivity contribution in [3.05, 3.63) is 29.1 Å². The second-order valence-corrected chi connectivity index (χ2v) is 5.64. The van der Waals surface area contributed by atoms with E-state index in [0.29, 0.717) is 17.2 Å². The molecular weight excluding hydrogens is 253 g/mol. The van der Waals surface area contributed by atoms with Crippen LogP contribution in [0.2, 0.25) is 0 Å². The molecule has 0 spiro atoms. The Hall–Kier alpha value is -1.09. The monoisotopic (exact) mass is 281 g/mol. The van der Waals surface area contributed by atoms with Crippen molar-refractivity contribution in [1.29, 1.82) is 0 Å². The predicted octanol–water partition coefficient (Wildman–Crippen LogP) is 4.59. The van der Waals surface area contributed by atoms with E-state index in [0.717, 1.165) is 31.5 Å². The molecule has 1 unspecified atom stereocenters. The predicted molar refractivity (Wildman–Crippen MR) is 83.8 cm³/mol. The van der Waals surface area contributed by atoms with Crippen LogP contribution < -0.4 is 4.90 Å². The van der Waals surface area contributed by atoms with Gasteiger partial charge in [-0.2, -0.15) is 0 Å². The molecule has 3 heteroatoms. The smallest absolute Gasteiger partial charge is 0.126 e. The highest BCUT2D eigenvalue weighted by molar-refractivity contribution is 5.57. The van der Waals surface area contributed by atoms with E-state index < -0.39 is 6.10 Å². The summed E-state index contributed by atoms with van der Waals surface area (Å²) in [5.74, 6) is -0.246. The van der Waals surface area contributed by atoms with E-state index in [1.807, 2.05) is 6.07 Å². The number of benzene rings is 1. The maximum atomic E-state index is 13.8. The zero-order chi connectivity index (χ0) is 15.3. The van der Waals surface area contributed by atoms with Crippen molar-refractivity contribution in [2.45, 2.75) is 66.0 Å². The molecule has 0 radical (unpaired) electrons. The number of anilines is 1. The quantitative estimate of drug-likeness (QED) is 0.790. The van der Waals surface area contributed by atoms with Crippen molar-refractivity contribution in [1.82, 2.24) is 0 Å². The van der Waals surface area contributed by atoms with Crippen molar-refractivity contribution in [3.63, 3.8) is 0 Å². The minimum absolute atomic E-state index is 0.246. The third kappa shape index (κ3) is 3.95. The molecule has 0 aliphatic rings. The van der Waals surface area contributed by atoms with Gasteiger partial charge < -0.3 is 10.0 Å². The van der Waals surface area contributed by atoms with Gasteiger partial charge in [0.15, 0.2) is 0 Å². The molecule has 2 nitrogen and oxygen atoms in total. The van der Waals surface area contributed by atoms with Crippen LogP contribution in [0.15, 0.2) is 12.1 Å². The molecule has 1 aromatic carbocycles. The Bertz CT molecular complexity index is 431. The number of aliphatic hydroxyl groups is 1. The molecule has 0 aliphatic heterocycles. The van der Waals surface area contributed by atoms with E-state index >= 15 is 0 Å². The first-order valence-corrected chi connectivity index (χ1v) is 7.67. The van der Waals surface area contributed by atoms with E-state index in [2.05, 4.69) is 25.7 Å². The Kier molecular flexibility index (Phi) is 6.47. The van der Waals surface area contributed by atoms with Crippen LogP contribution in [-0.2, 0) is 0 Å². The second kappa shape index (κ2) is 7.63. The van der Waals surface area contributed by atoms with E-state index in [1.165, 1.54) is 6.07 Å². The summed E-state index contributed by atoms with van der Waals surface area (Å²) in [6.45, 7) is 10.9. The average molecular weight is 281 g/mol. The fraction of sp³-hybridized carbons (Fsp3) is 0.647. The van der Waals surface area contributed by atoms with Crippen molar-refractivity contribution in [2.75, 3.05) is 11.4 Å². The lowest BCUT2D eigenvalue weighted by Crippen LogP contribution is -2.34. The summed E-state index contributed by atoms with van der Waals surface area (Å²) in [5.41, 5.74) is 2.29. The first kappa shape index (κ1) is 17.0. The SMILES string of the molecule is CCCCN(c1cc(C)c(F)cc1[C@@H](C)O)C(C)CC. The first-order chi connectivity index (χ1) is 9.42. The van der Waals surface area contributed by atoms with E-state index in [9.17, 15) is 9.50 Å². The molecule has 0 saturated carbocycles. The lowest BCUT2D eigenvalue weighted by molar-refractivity contribution is 0.199. The third-order valence-corrected chi connectivity index (χ3v) is 3.94. The maximum Gasteiger partial charge on any atom is 0.126 e. The summed E-state index contributed by atoms with van der Waals surface area (Å²) >= 11 is 0. The highest BCUT2D eigenvalue weighted by Gasteiger charge is 2.20. The van der Waals surface area contributed by atoms with Gasteiger partial charge in [-0.3, -0.25) is 0 Å². The van der Waals surface area contributed by atoms with Gasteiger partial charge in [0.2, 0.25) is 0 Å². The molecule has 0 bridgehead atoms. The van der Waals surface area contributed by atoms with Gasteiger partial charge in [-0.05, 0) is 51.3 Å². The molecule has 1 aromatic rings. The zero-order valence-electron chi connectivity index (χ0n) is 13.4. The second-order valence-electron chi connectivity index (χ2n) is 5.64. The highest BCUT2D eigenvalue weighted by Crippen LogP contribution is 2.31. The van der Waals surface area contributed by atoms with E-state index in [4.69, 9.17) is 0 Å². The third-order valence-electron chi connectivity index (χ3n) is 3.94. The summed E-state index contributed by atoms with van der Waals surface area (Å²) < 4.78 is 13.8. The van der Waals surface area contributed by atoms with E-state index in [-0.39, 0.29) is 5.82 Å². The van der Waals surface area contributed by atoms with Crippen molar-refractivity contribution in [3.8, 4) is 0 Å². The fourth-order valence-corrected chi connectivity index (χ4v) is 2.39. The molecule has 0 fully saturated rings. The van der Waals surface area contributed by atoms with Crippen LogP contribution in [0.1, 0.15) is 64.2 Å². The van der Waals surface area contributed by atoms with Gasteiger partial charge >= 0.3 is 0 Å². The topological polar surface area (TPSA) is 23.5 Å². The van der Waals surface area contributed by atoms with Gasteiger partial charge in [0.05, 0.1) is 6.10 Å². The fourth-order valence-electron chi connectivity index (χ4n) is 2.39. The van der Waals surface area contributed by atoms with Crippen LogP contribution in [0.4, 0.5) is 10.1 Å². The maximum absolute atomic E-state index is 13.8. The number of rotatable bonds is 7. The standard InChI is InChI=1S/C17H28FNO/c1-6-8-9-19(13(4)7-2)17-10-12(3)16(18)11-15(17)14(5)20/h10-11,13-14,20H,6-9H2,1-5H3/t13?,14-/m1/s1. The van der Waals surface area contributed by atoms with Gasteiger partial charge in [0, 0.05) is 23.8 Å². The molecule has 2 atom stereocenters. The molecule has 0 heterocycles. The summed E-state index contributed by atoms with van der Waals surface area (Å²) in [6, 6.07) is 3.74. The molecule has 0 saturated heterocycles. The molecule has 1 rings (SSSR count). The Morgan fingerprint density at radius 1 is 1.25 bits per heavy atom. The minimum atomic E-state index is -0.659. The molecular formula is C17H28FNO. The average Bonchev–Trinajstić information content (AvgIpc) is 2.41. The van der Waals surface area contributed by atoms with Crippen LogP contribution in [0.5, 0.6) is 0 Å². The van der Waals surface area contributed by atoms with Crippen LogP contribution in [0, 0.1) is 12.7 Å². The lowest BCUT2D eigenvalue weighted by atomic mass is 10.0. The van der Waals surface area contributed by atoms with Crippen molar-refractivity contribution < 1.29 is 9.50 Å². The molecule has 0 amide bonds. The summed E-state index contributed by atoms with van der Waals surface area (Å²) in [6.07, 6.45) is 2.59. The van der Waals surface area contributed by atoms with Crippen molar-refractivity contribution in [2.24, 2.45) is 0 Å². The first-order valence-electron chi connectivity index (χ1n) is 7.67. The molecule has 0 aliphatic carbocycles. The Morgan fingerprint density at radius 2 is 1.90 bits per heavy atom. The van der Waals surface area contributed by atoms with Crippen LogP contribution >= 0.6 is 0 Å². The summed E-state index contributed by atoms with van der Waals surface area (Å²) in [7, 11) is 0. The number of unbranched alkanes of at least 4 members (excludes halogenated alkanes) is 1. The molecule has 1 N–H and O–H groups in total. The van der Waals surface area contributed by atoms with Gasteiger partial charge in [-0.25, -0.2) is 4.39 Å². The zero-order valence-corrected chi connectivity index (χ0v) is 13.4. The van der Waals surface area contributed by atoms with Crippen LogP contribution in [0.3, 0.4) is 0 Å². The minimum Gasteiger partial charge on any atom is -0.389 e. The Balaban J connectivity index is 3.26. The largest absolute Gasteiger partial charge is 0.389 e. The van der Waals surface area contributed by atoms with Gasteiger partial charge in [-0.1, -0.05) is 20.3 Å². The highest BCUT2D eigenvalue weighted by atomic mass is 19.1. The molecule has 0 aromatic heterocycles. The van der Waals surface area contributed by atoms with Gasteiger partial charge in [0.25, 0.3) is 0 Å². The number of nitrogens with zero attached hydrogens (tertiary/aromatic N) is 1. The summed E-state index contributed by atoms with van der Waals surface area (Å²) in [4.78, 5) is 2.30. The Labute approximate surface area is 122 Å². The number of halogens is 1. The van der Waals surface area contributed by atoms with Crippen molar-refractivity contribution >= 4 is 5.69 Å².